The van der Waals surface area contributed by atoms with Gasteiger partial charge in [0, 0.05) is 19.0 Å². The van der Waals surface area contributed by atoms with Crippen molar-refractivity contribution < 1.29 is 14.6 Å². The maximum absolute atomic E-state index is 9.72. The molecule has 0 saturated carbocycles. The van der Waals surface area contributed by atoms with Crippen molar-refractivity contribution in [1.29, 1.82) is 0 Å². The van der Waals surface area contributed by atoms with Crippen molar-refractivity contribution in [3.63, 3.8) is 0 Å². The second-order valence-corrected chi connectivity index (χ2v) is 5.37. The van der Waals surface area contributed by atoms with E-state index >= 15 is 0 Å². The normalized spacial score (nSPS) is 28.3. The third kappa shape index (κ3) is 2.97. The van der Waals surface area contributed by atoms with Gasteiger partial charge < -0.3 is 14.6 Å². The van der Waals surface area contributed by atoms with E-state index in [2.05, 4.69) is 14.9 Å². The molecule has 2 unspecified atom stereocenters. The van der Waals surface area contributed by atoms with E-state index in [1.807, 2.05) is 0 Å². The van der Waals surface area contributed by atoms with Crippen LogP contribution in [0.5, 0.6) is 5.88 Å². The molecule has 0 spiro atoms. The second-order valence-electron chi connectivity index (χ2n) is 4.98. The number of aliphatic hydroxyl groups excluding tert-OH is 1. The summed E-state index contributed by atoms with van der Waals surface area (Å²) in [6.07, 6.45) is 2.67. The molecule has 19 heavy (non-hydrogen) atoms. The zero-order valence-electron chi connectivity index (χ0n) is 10.4. The molecule has 1 aromatic rings. The largest absolute Gasteiger partial charge is 0.476 e. The summed E-state index contributed by atoms with van der Waals surface area (Å²) < 4.78 is 10.8. The number of aliphatic hydroxyl groups is 1. The van der Waals surface area contributed by atoms with E-state index in [1.165, 1.54) is 6.20 Å². The Morgan fingerprint density at radius 1 is 1.42 bits per heavy atom. The van der Waals surface area contributed by atoms with Gasteiger partial charge in [-0.05, 0) is 0 Å². The molecule has 3 rings (SSSR count). The predicted molar refractivity (Wildman–Crippen MR) is 68.2 cm³/mol. The first-order chi connectivity index (χ1) is 9.22. The summed E-state index contributed by atoms with van der Waals surface area (Å²) in [5.41, 5.74) is 0. The van der Waals surface area contributed by atoms with E-state index in [0.717, 1.165) is 13.1 Å². The molecule has 0 bridgehead atoms. The third-order valence-corrected chi connectivity index (χ3v) is 3.71. The Balaban J connectivity index is 1.42. The molecule has 0 aliphatic carbocycles. The minimum atomic E-state index is -0.360. The van der Waals surface area contributed by atoms with E-state index in [-0.39, 0.29) is 12.1 Å². The van der Waals surface area contributed by atoms with E-state index < -0.39 is 0 Å². The number of rotatable bonds is 4. The van der Waals surface area contributed by atoms with Gasteiger partial charge in [-0.1, -0.05) is 11.6 Å². The van der Waals surface area contributed by atoms with Gasteiger partial charge in [0.25, 0.3) is 0 Å². The Bertz CT molecular complexity index is 442. The van der Waals surface area contributed by atoms with Gasteiger partial charge in [0.05, 0.1) is 44.4 Å². The van der Waals surface area contributed by atoms with Gasteiger partial charge in [0.1, 0.15) is 0 Å². The number of halogens is 1. The maximum Gasteiger partial charge on any atom is 0.233 e. The molecule has 1 N–H and O–H groups in total. The van der Waals surface area contributed by atoms with Gasteiger partial charge in [-0.3, -0.25) is 9.88 Å². The lowest BCUT2D eigenvalue weighted by atomic mass is 9.97. The van der Waals surface area contributed by atoms with Gasteiger partial charge in [0.2, 0.25) is 5.88 Å². The Morgan fingerprint density at radius 2 is 2.26 bits per heavy atom. The fourth-order valence-corrected chi connectivity index (χ4v) is 2.60. The molecule has 2 atom stereocenters. The van der Waals surface area contributed by atoms with Crippen molar-refractivity contribution >= 4 is 11.6 Å². The van der Waals surface area contributed by atoms with Crippen LogP contribution >= 0.6 is 11.6 Å². The van der Waals surface area contributed by atoms with Gasteiger partial charge in [-0.15, -0.1) is 0 Å². The van der Waals surface area contributed by atoms with Gasteiger partial charge in [-0.25, -0.2) is 0 Å². The summed E-state index contributed by atoms with van der Waals surface area (Å²) in [6, 6.07) is 0.141. The molecule has 2 aliphatic heterocycles. The van der Waals surface area contributed by atoms with E-state index in [9.17, 15) is 5.11 Å². The highest BCUT2D eigenvalue weighted by Crippen LogP contribution is 2.24. The first-order valence-electron chi connectivity index (χ1n) is 6.32. The summed E-state index contributed by atoms with van der Waals surface area (Å²) >= 11 is 5.73. The molecule has 0 radical (unpaired) electrons. The average Bonchev–Trinajstić information content (AvgIpc) is 2.74. The van der Waals surface area contributed by atoms with Crippen LogP contribution in [0.1, 0.15) is 0 Å². The lowest BCUT2D eigenvalue weighted by Crippen LogP contribution is -2.57. The fraction of sp³-hybridized carbons (Fsp3) is 0.667. The highest BCUT2D eigenvalue weighted by atomic mass is 35.5. The van der Waals surface area contributed by atoms with Gasteiger partial charge in [-0.2, -0.15) is 4.98 Å². The van der Waals surface area contributed by atoms with Gasteiger partial charge in [0.15, 0.2) is 5.15 Å². The molecule has 6 nitrogen and oxygen atoms in total. The molecule has 7 heteroatoms. The molecule has 0 amide bonds. The molecule has 104 valence electrons. The summed E-state index contributed by atoms with van der Waals surface area (Å²) in [5.74, 6) is 0.906. The average molecular weight is 286 g/mol. The van der Waals surface area contributed by atoms with Crippen molar-refractivity contribution in [2.24, 2.45) is 5.92 Å². The monoisotopic (exact) mass is 285 g/mol. The minimum Gasteiger partial charge on any atom is -0.476 e. The summed E-state index contributed by atoms with van der Waals surface area (Å²) in [5, 5.41) is 10.1. The molecule has 2 fully saturated rings. The van der Waals surface area contributed by atoms with Crippen LogP contribution in [-0.4, -0.2) is 65.0 Å². The molecule has 3 heterocycles. The Morgan fingerprint density at radius 3 is 2.95 bits per heavy atom. The SMILES string of the molecule is OC1COCC1N1CC(COc2cncc(Cl)n2)C1. The van der Waals surface area contributed by atoms with Crippen LogP contribution in [0.2, 0.25) is 5.15 Å². The van der Waals surface area contributed by atoms with Crippen molar-refractivity contribution in [1.82, 2.24) is 14.9 Å². The first kappa shape index (κ1) is 13.1. The summed E-state index contributed by atoms with van der Waals surface area (Å²) in [7, 11) is 0. The number of ether oxygens (including phenoxy) is 2. The van der Waals surface area contributed by atoms with Crippen molar-refractivity contribution in [3.05, 3.63) is 17.5 Å². The summed E-state index contributed by atoms with van der Waals surface area (Å²) in [6.45, 7) is 3.49. The molecule has 1 aromatic heterocycles. The minimum absolute atomic E-state index is 0.141. The number of hydrogen-bond acceptors (Lipinski definition) is 6. The molecule has 2 aliphatic rings. The fourth-order valence-electron chi connectivity index (χ4n) is 2.46. The van der Waals surface area contributed by atoms with Crippen molar-refractivity contribution in [2.75, 3.05) is 32.9 Å². The molecule has 2 saturated heterocycles. The Hall–Kier alpha value is -0.950. The van der Waals surface area contributed by atoms with Crippen LogP contribution in [0, 0.1) is 5.92 Å². The second kappa shape index (κ2) is 5.58. The van der Waals surface area contributed by atoms with Crippen molar-refractivity contribution in [2.45, 2.75) is 12.1 Å². The lowest BCUT2D eigenvalue weighted by Gasteiger charge is -2.43. The lowest BCUT2D eigenvalue weighted by molar-refractivity contribution is -0.0102. The highest BCUT2D eigenvalue weighted by molar-refractivity contribution is 6.29. The van der Waals surface area contributed by atoms with E-state index in [4.69, 9.17) is 21.1 Å². The number of aromatic nitrogens is 2. The molecular formula is C12H16ClN3O3. The number of nitrogens with zero attached hydrogens (tertiary/aromatic N) is 3. The van der Waals surface area contributed by atoms with E-state index in [1.54, 1.807) is 6.20 Å². The van der Waals surface area contributed by atoms with Crippen LogP contribution in [0.15, 0.2) is 12.4 Å². The van der Waals surface area contributed by atoms with Crippen molar-refractivity contribution in [3.8, 4) is 5.88 Å². The van der Waals surface area contributed by atoms with Crippen LogP contribution in [-0.2, 0) is 4.74 Å². The van der Waals surface area contributed by atoms with E-state index in [0.29, 0.717) is 36.8 Å². The predicted octanol–water partition coefficient (Wildman–Crippen LogP) is 0.200. The van der Waals surface area contributed by atoms with Crippen LogP contribution in [0.25, 0.3) is 0 Å². The Kier molecular flexibility index (Phi) is 3.83. The number of hydrogen-bond donors (Lipinski definition) is 1. The molecule has 0 aromatic carbocycles. The first-order valence-corrected chi connectivity index (χ1v) is 6.70. The number of likely N-dealkylation sites (tertiary alicyclic amines) is 1. The molecular weight excluding hydrogens is 270 g/mol. The quantitative estimate of drug-likeness (QED) is 0.852. The summed E-state index contributed by atoms with van der Waals surface area (Å²) in [4.78, 5) is 10.2. The zero-order valence-corrected chi connectivity index (χ0v) is 11.2. The topological polar surface area (TPSA) is 67.7 Å². The third-order valence-electron chi connectivity index (χ3n) is 3.53. The highest BCUT2D eigenvalue weighted by Gasteiger charge is 2.39. The smallest absolute Gasteiger partial charge is 0.233 e. The van der Waals surface area contributed by atoms with Gasteiger partial charge >= 0.3 is 0 Å². The van der Waals surface area contributed by atoms with Crippen LogP contribution < -0.4 is 4.74 Å². The standard InChI is InChI=1S/C12H16ClN3O3/c13-11-1-14-2-12(15-11)19-5-8-3-16(4-8)9-6-18-7-10(9)17/h1-2,8-10,17H,3-7H2. The maximum atomic E-state index is 9.72. The Labute approximate surface area is 116 Å². The van der Waals surface area contributed by atoms with Crippen LogP contribution in [0.3, 0.4) is 0 Å². The van der Waals surface area contributed by atoms with Crippen LogP contribution in [0.4, 0.5) is 0 Å². The zero-order chi connectivity index (χ0) is 13.2.